The molecule has 6 heteroatoms. The summed E-state index contributed by atoms with van der Waals surface area (Å²) in [6.07, 6.45) is 1.65. The standard InChI is InChI=1S/C26H22ClNO4/c1-15-10-16(2)12-20(11-15)28-17(3)24(26(30)31-4)25(29)22(28)14-21-8-9-23(32-21)18-6-5-7-19(27)13-18/h5-14H,1-4H3/b22-14+. The number of hydrogen-bond acceptors (Lipinski definition) is 5. The van der Waals surface area contributed by atoms with E-state index in [0.29, 0.717) is 27.9 Å². The topological polar surface area (TPSA) is 59.8 Å². The van der Waals surface area contributed by atoms with Crippen LogP contribution in [0.25, 0.3) is 17.4 Å². The SMILES string of the molecule is COC(=O)C1=C(C)N(c2cc(C)cc(C)c2)/C(=C/c2ccc(-c3cccc(Cl)c3)o2)C1=O. The van der Waals surface area contributed by atoms with Gasteiger partial charge in [-0.25, -0.2) is 4.79 Å². The molecule has 0 bridgehead atoms. The lowest BCUT2D eigenvalue weighted by Gasteiger charge is -2.22. The van der Waals surface area contributed by atoms with E-state index < -0.39 is 11.8 Å². The Hall–Kier alpha value is -3.57. The fourth-order valence-electron chi connectivity index (χ4n) is 3.93. The average molecular weight is 448 g/mol. The van der Waals surface area contributed by atoms with Crippen molar-refractivity contribution < 1.29 is 18.7 Å². The fourth-order valence-corrected chi connectivity index (χ4v) is 4.12. The lowest BCUT2D eigenvalue weighted by atomic mass is 10.1. The zero-order chi connectivity index (χ0) is 23.0. The number of halogens is 1. The summed E-state index contributed by atoms with van der Waals surface area (Å²) in [7, 11) is 1.27. The second kappa shape index (κ2) is 8.52. The number of allylic oxidation sites excluding steroid dienone is 2. The number of ether oxygens (including phenoxy) is 1. The maximum atomic E-state index is 13.3. The number of benzene rings is 2. The Balaban J connectivity index is 1.81. The number of carbonyl (C=O) groups is 2. The molecule has 0 saturated carbocycles. The number of esters is 1. The van der Waals surface area contributed by atoms with E-state index in [2.05, 4.69) is 6.07 Å². The minimum Gasteiger partial charge on any atom is -0.465 e. The number of anilines is 1. The molecule has 0 amide bonds. The molecule has 32 heavy (non-hydrogen) atoms. The number of aryl methyl sites for hydroxylation is 2. The lowest BCUT2D eigenvalue weighted by Crippen LogP contribution is -2.18. The van der Waals surface area contributed by atoms with Crippen molar-refractivity contribution in [3.63, 3.8) is 0 Å². The van der Waals surface area contributed by atoms with E-state index in [1.54, 1.807) is 36.1 Å². The molecule has 1 aliphatic rings. The van der Waals surface area contributed by atoms with E-state index in [1.807, 2.05) is 44.2 Å². The van der Waals surface area contributed by atoms with Gasteiger partial charge in [0.05, 0.1) is 12.8 Å². The highest BCUT2D eigenvalue weighted by molar-refractivity contribution is 6.31. The molecule has 2 aromatic carbocycles. The first-order valence-electron chi connectivity index (χ1n) is 10.1. The minimum absolute atomic E-state index is 0.0135. The van der Waals surface area contributed by atoms with Crippen LogP contribution in [0, 0.1) is 13.8 Å². The van der Waals surface area contributed by atoms with Crippen molar-refractivity contribution in [3.8, 4) is 11.3 Å². The Labute approximate surface area is 191 Å². The summed E-state index contributed by atoms with van der Waals surface area (Å²) in [6.45, 7) is 5.71. The molecule has 1 aliphatic heterocycles. The first-order chi connectivity index (χ1) is 15.3. The van der Waals surface area contributed by atoms with Gasteiger partial charge < -0.3 is 14.1 Å². The first-order valence-corrected chi connectivity index (χ1v) is 10.5. The second-order valence-electron chi connectivity index (χ2n) is 7.70. The fraction of sp³-hybridized carbons (Fsp3) is 0.154. The number of ketones is 1. The zero-order valence-electron chi connectivity index (χ0n) is 18.2. The summed E-state index contributed by atoms with van der Waals surface area (Å²) in [4.78, 5) is 27.4. The van der Waals surface area contributed by atoms with Crippen LogP contribution in [-0.2, 0) is 14.3 Å². The second-order valence-corrected chi connectivity index (χ2v) is 8.14. The summed E-state index contributed by atoms with van der Waals surface area (Å²) in [6, 6.07) is 16.9. The smallest absolute Gasteiger partial charge is 0.343 e. The average Bonchev–Trinajstić information content (AvgIpc) is 3.30. The summed E-state index contributed by atoms with van der Waals surface area (Å²) in [5.74, 6) is 0.0378. The maximum absolute atomic E-state index is 13.3. The molecule has 0 atom stereocenters. The minimum atomic E-state index is -0.663. The van der Waals surface area contributed by atoms with Crippen LogP contribution in [0.4, 0.5) is 5.69 Å². The largest absolute Gasteiger partial charge is 0.465 e. The first kappa shape index (κ1) is 21.7. The van der Waals surface area contributed by atoms with Crippen molar-refractivity contribution in [2.45, 2.75) is 20.8 Å². The molecule has 3 aromatic rings. The van der Waals surface area contributed by atoms with Crippen molar-refractivity contribution in [2.24, 2.45) is 0 Å². The molecule has 5 nitrogen and oxygen atoms in total. The Morgan fingerprint density at radius 2 is 1.75 bits per heavy atom. The van der Waals surface area contributed by atoms with Crippen molar-refractivity contribution in [1.29, 1.82) is 0 Å². The van der Waals surface area contributed by atoms with Crippen LogP contribution in [0.3, 0.4) is 0 Å². The van der Waals surface area contributed by atoms with E-state index in [4.69, 9.17) is 20.8 Å². The van der Waals surface area contributed by atoms with Gasteiger partial charge in [-0.1, -0.05) is 29.8 Å². The van der Waals surface area contributed by atoms with Gasteiger partial charge >= 0.3 is 5.97 Å². The Morgan fingerprint density at radius 1 is 1.03 bits per heavy atom. The Bertz CT molecular complexity index is 1280. The predicted molar refractivity (Wildman–Crippen MR) is 125 cm³/mol. The van der Waals surface area contributed by atoms with Crippen LogP contribution in [0.1, 0.15) is 23.8 Å². The third kappa shape index (κ3) is 3.99. The third-order valence-corrected chi connectivity index (χ3v) is 5.50. The Morgan fingerprint density at radius 3 is 2.41 bits per heavy atom. The molecule has 0 unspecified atom stereocenters. The van der Waals surface area contributed by atoms with E-state index in [9.17, 15) is 9.59 Å². The van der Waals surface area contributed by atoms with Gasteiger partial charge in [-0.3, -0.25) is 4.79 Å². The van der Waals surface area contributed by atoms with Gasteiger partial charge in [0.2, 0.25) is 5.78 Å². The van der Waals surface area contributed by atoms with E-state index >= 15 is 0 Å². The highest BCUT2D eigenvalue weighted by Crippen LogP contribution is 2.37. The number of carbonyl (C=O) groups excluding carboxylic acids is 2. The van der Waals surface area contributed by atoms with Crippen molar-refractivity contribution in [2.75, 3.05) is 12.0 Å². The molecule has 0 radical (unpaired) electrons. The zero-order valence-corrected chi connectivity index (χ0v) is 19.0. The quantitative estimate of drug-likeness (QED) is 0.275. The van der Waals surface area contributed by atoms with Gasteiger partial charge in [-0.15, -0.1) is 0 Å². The Kier molecular flexibility index (Phi) is 5.76. The number of Topliss-reactive ketones (excluding diaryl/α,β-unsaturated/α-hetero) is 1. The van der Waals surface area contributed by atoms with E-state index in [-0.39, 0.29) is 5.57 Å². The number of methoxy groups -OCH3 is 1. The van der Waals surface area contributed by atoms with Crippen LogP contribution in [0.15, 0.2) is 76.0 Å². The van der Waals surface area contributed by atoms with Gasteiger partial charge in [0.1, 0.15) is 17.1 Å². The molecule has 162 valence electrons. The van der Waals surface area contributed by atoms with Crippen LogP contribution >= 0.6 is 11.6 Å². The van der Waals surface area contributed by atoms with Gasteiger partial charge in [-0.05, 0) is 68.3 Å². The van der Waals surface area contributed by atoms with Crippen molar-refractivity contribution >= 4 is 35.1 Å². The van der Waals surface area contributed by atoms with Crippen molar-refractivity contribution in [1.82, 2.24) is 0 Å². The van der Waals surface area contributed by atoms with Crippen LogP contribution in [0.5, 0.6) is 0 Å². The van der Waals surface area contributed by atoms with Crippen LogP contribution in [-0.4, -0.2) is 18.9 Å². The van der Waals surface area contributed by atoms with Gasteiger partial charge in [0, 0.05) is 28.0 Å². The number of rotatable bonds is 4. The van der Waals surface area contributed by atoms with Gasteiger partial charge in [0.25, 0.3) is 0 Å². The van der Waals surface area contributed by atoms with Crippen LogP contribution in [0.2, 0.25) is 5.02 Å². The molecule has 0 aliphatic carbocycles. The molecule has 0 N–H and O–H groups in total. The lowest BCUT2D eigenvalue weighted by molar-refractivity contribution is -0.137. The maximum Gasteiger partial charge on any atom is 0.343 e. The predicted octanol–water partition coefficient (Wildman–Crippen LogP) is 6.09. The monoisotopic (exact) mass is 447 g/mol. The number of nitrogens with zero attached hydrogens (tertiary/aromatic N) is 1. The molecular formula is C26H22ClNO4. The molecule has 0 spiro atoms. The van der Waals surface area contributed by atoms with Gasteiger partial charge in [-0.2, -0.15) is 0 Å². The third-order valence-electron chi connectivity index (χ3n) is 5.27. The van der Waals surface area contributed by atoms with Gasteiger partial charge in [0.15, 0.2) is 0 Å². The molecule has 1 aromatic heterocycles. The molecule has 0 fully saturated rings. The molecule has 4 rings (SSSR count). The molecular weight excluding hydrogens is 426 g/mol. The number of hydrogen-bond donors (Lipinski definition) is 0. The summed E-state index contributed by atoms with van der Waals surface area (Å²) in [5, 5.41) is 0.605. The van der Waals surface area contributed by atoms with Crippen molar-refractivity contribution in [3.05, 3.63) is 93.5 Å². The highest BCUT2D eigenvalue weighted by atomic mass is 35.5. The van der Waals surface area contributed by atoms with E-state index in [1.165, 1.54) is 7.11 Å². The normalized spacial score (nSPS) is 15.1. The summed E-state index contributed by atoms with van der Waals surface area (Å²) < 4.78 is 10.8. The number of furan rings is 1. The summed E-state index contributed by atoms with van der Waals surface area (Å²) in [5.41, 5.74) is 4.56. The van der Waals surface area contributed by atoms with Crippen LogP contribution < -0.4 is 4.90 Å². The molecule has 2 heterocycles. The molecule has 0 saturated heterocycles. The van der Waals surface area contributed by atoms with E-state index in [0.717, 1.165) is 22.4 Å². The summed E-state index contributed by atoms with van der Waals surface area (Å²) >= 11 is 6.09. The highest BCUT2D eigenvalue weighted by Gasteiger charge is 2.38.